The van der Waals surface area contributed by atoms with Crippen LogP contribution in [-0.2, 0) is 0 Å². The summed E-state index contributed by atoms with van der Waals surface area (Å²) in [7, 11) is 1.57. The lowest BCUT2D eigenvalue weighted by Crippen LogP contribution is -2.35. The van der Waals surface area contributed by atoms with Crippen LogP contribution in [0.4, 0.5) is 0 Å². The van der Waals surface area contributed by atoms with Crippen molar-refractivity contribution in [2.24, 2.45) is 15.9 Å². The molecule has 0 heterocycles. The smallest absolute Gasteiger partial charge is 0.275 e. The van der Waals surface area contributed by atoms with Crippen molar-refractivity contribution in [1.29, 1.82) is 0 Å². The molecule has 17 heavy (non-hydrogen) atoms. The third kappa shape index (κ3) is 4.60. The van der Waals surface area contributed by atoms with Crippen LogP contribution >= 0.6 is 0 Å². The zero-order valence-corrected chi connectivity index (χ0v) is 9.03. The fraction of sp³-hybridized carbons (Fsp3) is 0.111. The van der Waals surface area contributed by atoms with Crippen LogP contribution < -0.4 is 15.9 Å². The van der Waals surface area contributed by atoms with Crippen molar-refractivity contribution in [3.63, 3.8) is 0 Å². The van der Waals surface area contributed by atoms with E-state index in [1.165, 1.54) is 6.21 Å². The number of hydrazine groups is 1. The van der Waals surface area contributed by atoms with Crippen LogP contribution in [0, 0.1) is 10.1 Å². The highest BCUT2D eigenvalue weighted by molar-refractivity contribution is 5.81. The molecule has 0 saturated heterocycles. The van der Waals surface area contributed by atoms with Crippen LogP contribution in [0.2, 0.25) is 0 Å². The molecule has 0 saturated carbocycles. The highest BCUT2D eigenvalue weighted by Crippen LogP contribution is 2.09. The Bertz CT molecular complexity index is 440. The molecular formula is C9H11N5O3. The van der Waals surface area contributed by atoms with Crippen molar-refractivity contribution >= 4 is 12.2 Å². The fourth-order valence-electron chi connectivity index (χ4n) is 0.964. The number of methoxy groups -OCH3 is 1. The Morgan fingerprint density at radius 3 is 2.71 bits per heavy atom. The van der Waals surface area contributed by atoms with Crippen LogP contribution in [0.15, 0.2) is 34.5 Å². The number of ether oxygens (including phenoxy) is 1. The number of guanidine groups is 1. The first-order valence-electron chi connectivity index (χ1n) is 4.53. The normalized spacial score (nSPS) is 11.5. The van der Waals surface area contributed by atoms with Crippen molar-refractivity contribution in [3.05, 3.63) is 39.9 Å². The summed E-state index contributed by atoms with van der Waals surface area (Å²) in [5, 5.41) is 16.1. The summed E-state index contributed by atoms with van der Waals surface area (Å²) in [6, 6.07) is 7.03. The monoisotopic (exact) mass is 237 g/mol. The number of nitrogens with zero attached hydrogens (tertiary/aromatic N) is 3. The van der Waals surface area contributed by atoms with Gasteiger partial charge in [0.05, 0.1) is 13.3 Å². The van der Waals surface area contributed by atoms with Gasteiger partial charge in [-0.15, -0.1) is 5.10 Å². The molecular weight excluding hydrogens is 226 g/mol. The number of rotatable bonds is 4. The lowest BCUT2D eigenvalue weighted by Gasteiger charge is -1.98. The van der Waals surface area contributed by atoms with Gasteiger partial charge in [0.15, 0.2) is 5.03 Å². The second-order valence-corrected chi connectivity index (χ2v) is 2.87. The summed E-state index contributed by atoms with van der Waals surface area (Å²) in [6.45, 7) is 0. The molecule has 0 bridgehead atoms. The molecule has 0 aliphatic carbocycles. The van der Waals surface area contributed by atoms with E-state index in [0.717, 1.165) is 11.3 Å². The van der Waals surface area contributed by atoms with Crippen molar-refractivity contribution in [2.45, 2.75) is 0 Å². The number of nitro groups is 1. The molecule has 0 amide bonds. The van der Waals surface area contributed by atoms with E-state index in [9.17, 15) is 10.1 Å². The maximum Gasteiger partial charge on any atom is 0.275 e. The first kappa shape index (κ1) is 12.4. The quantitative estimate of drug-likeness (QED) is 0.334. The maximum absolute atomic E-state index is 9.98. The summed E-state index contributed by atoms with van der Waals surface area (Å²) < 4.78 is 4.98. The van der Waals surface area contributed by atoms with Crippen LogP contribution in [0.25, 0.3) is 0 Å². The molecule has 0 aliphatic rings. The number of hydrogen-bond acceptors (Lipinski definition) is 5. The molecule has 0 atom stereocenters. The first-order valence-corrected chi connectivity index (χ1v) is 4.53. The highest BCUT2D eigenvalue weighted by Gasteiger charge is 1.96. The van der Waals surface area contributed by atoms with Gasteiger partial charge >= 0.3 is 0 Å². The Morgan fingerprint density at radius 1 is 1.53 bits per heavy atom. The van der Waals surface area contributed by atoms with Crippen molar-refractivity contribution in [1.82, 2.24) is 5.43 Å². The highest BCUT2D eigenvalue weighted by atomic mass is 16.7. The van der Waals surface area contributed by atoms with Gasteiger partial charge in [-0.2, -0.15) is 5.10 Å². The minimum absolute atomic E-state index is 0.389. The van der Waals surface area contributed by atoms with Gasteiger partial charge in [0.25, 0.3) is 5.96 Å². The van der Waals surface area contributed by atoms with E-state index in [2.05, 4.69) is 10.2 Å². The van der Waals surface area contributed by atoms with Gasteiger partial charge in [-0.3, -0.25) is 0 Å². The van der Waals surface area contributed by atoms with E-state index in [0.29, 0.717) is 0 Å². The second-order valence-electron chi connectivity index (χ2n) is 2.87. The third-order valence-corrected chi connectivity index (χ3v) is 1.69. The molecule has 0 aromatic heterocycles. The largest absolute Gasteiger partial charge is 0.497 e. The van der Waals surface area contributed by atoms with E-state index in [4.69, 9.17) is 10.5 Å². The first-order chi connectivity index (χ1) is 8.11. The molecule has 0 fully saturated rings. The third-order valence-electron chi connectivity index (χ3n) is 1.69. The molecule has 1 aromatic carbocycles. The van der Waals surface area contributed by atoms with E-state index in [1.54, 1.807) is 36.8 Å². The average Bonchev–Trinajstić information content (AvgIpc) is 2.29. The van der Waals surface area contributed by atoms with Gasteiger partial charge in [-0.1, -0.05) is 5.43 Å². The molecule has 0 spiro atoms. The SMILES string of the molecule is COc1ccc(/C=N/N=C(N)N[N+](=O)[O-])cc1. The predicted octanol–water partition coefficient (Wildman–Crippen LogP) is 0.125. The molecule has 1 aromatic rings. The summed E-state index contributed by atoms with van der Waals surface area (Å²) >= 11 is 0. The maximum atomic E-state index is 9.98. The number of nitrogens with two attached hydrogens (primary N) is 1. The van der Waals surface area contributed by atoms with Crippen molar-refractivity contribution in [2.75, 3.05) is 7.11 Å². The fourth-order valence-corrected chi connectivity index (χ4v) is 0.964. The van der Waals surface area contributed by atoms with Gasteiger partial charge in [0, 0.05) is 0 Å². The summed E-state index contributed by atoms with van der Waals surface area (Å²) in [4.78, 5) is 9.98. The zero-order valence-electron chi connectivity index (χ0n) is 9.03. The van der Waals surface area contributed by atoms with Gasteiger partial charge in [0.1, 0.15) is 5.75 Å². The minimum Gasteiger partial charge on any atom is -0.497 e. The van der Waals surface area contributed by atoms with E-state index in [1.807, 2.05) is 0 Å². The molecule has 0 unspecified atom stereocenters. The average molecular weight is 237 g/mol. The topological polar surface area (TPSA) is 115 Å². The Hall–Kier alpha value is -2.64. The second kappa shape index (κ2) is 6.05. The molecule has 90 valence electrons. The van der Waals surface area contributed by atoms with Crippen LogP contribution in [-0.4, -0.2) is 24.3 Å². The van der Waals surface area contributed by atoms with Gasteiger partial charge in [-0.25, -0.2) is 10.1 Å². The lowest BCUT2D eigenvalue weighted by molar-refractivity contribution is -0.525. The molecule has 3 N–H and O–H groups in total. The van der Waals surface area contributed by atoms with E-state index < -0.39 is 5.03 Å². The number of benzene rings is 1. The summed E-state index contributed by atoms with van der Waals surface area (Å²) in [5.41, 5.74) is 7.58. The lowest BCUT2D eigenvalue weighted by atomic mass is 10.2. The Kier molecular flexibility index (Phi) is 4.43. The molecule has 0 aliphatic heterocycles. The van der Waals surface area contributed by atoms with Gasteiger partial charge in [0.2, 0.25) is 0 Å². The van der Waals surface area contributed by atoms with E-state index >= 15 is 0 Å². The molecule has 8 heteroatoms. The zero-order chi connectivity index (χ0) is 12.7. The molecule has 0 radical (unpaired) electrons. The van der Waals surface area contributed by atoms with Crippen LogP contribution in [0.1, 0.15) is 5.56 Å². The number of hydrogen-bond donors (Lipinski definition) is 2. The van der Waals surface area contributed by atoms with Crippen LogP contribution in [0.3, 0.4) is 0 Å². The summed E-state index contributed by atoms with van der Waals surface area (Å²) in [6.07, 6.45) is 1.41. The Labute approximate surface area is 96.9 Å². The molecule has 8 nitrogen and oxygen atoms in total. The Morgan fingerprint density at radius 2 is 2.18 bits per heavy atom. The van der Waals surface area contributed by atoms with Crippen LogP contribution in [0.5, 0.6) is 5.75 Å². The summed E-state index contributed by atoms with van der Waals surface area (Å²) in [5.74, 6) is 0.333. The number of nitrogens with one attached hydrogen (secondary N) is 1. The van der Waals surface area contributed by atoms with Crippen molar-refractivity contribution in [3.8, 4) is 5.75 Å². The Balaban J connectivity index is 2.61. The minimum atomic E-state index is -0.818. The molecule has 1 rings (SSSR count). The van der Waals surface area contributed by atoms with E-state index in [-0.39, 0.29) is 5.96 Å². The van der Waals surface area contributed by atoms with Crippen molar-refractivity contribution < 1.29 is 9.77 Å². The predicted molar refractivity (Wildman–Crippen MR) is 62.3 cm³/mol. The van der Waals surface area contributed by atoms with Gasteiger partial charge in [-0.05, 0) is 29.8 Å². The standard InChI is InChI=1S/C9H11N5O3/c1-17-8-4-2-7(3-5-8)6-11-12-9(10)13-14(15)16/h2-6H,1H3,(H3,10,12,13)/b11-6+. The van der Waals surface area contributed by atoms with Gasteiger partial charge < -0.3 is 10.5 Å².